The van der Waals surface area contributed by atoms with Gasteiger partial charge in [-0.15, -0.1) is 0 Å². The van der Waals surface area contributed by atoms with Crippen molar-refractivity contribution in [1.29, 1.82) is 0 Å². The summed E-state index contributed by atoms with van der Waals surface area (Å²) in [5.41, 5.74) is 3.72. The van der Waals surface area contributed by atoms with Gasteiger partial charge in [0.2, 0.25) is 15.7 Å². The summed E-state index contributed by atoms with van der Waals surface area (Å²) >= 11 is 0. The molecule has 0 fully saturated rings. The van der Waals surface area contributed by atoms with Crippen molar-refractivity contribution >= 4 is 43.8 Å². The fraction of sp³-hybridized carbons (Fsp3) is 0.148. The van der Waals surface area contributed by atoms with Crippen LogP contribution in [0.25, 0.3) is 22.2 Å². The Labute approximate surface area is 203 Å². The van der Waals surface area contributed by atoms with E-state index < -0.39 is 9.84 Å². The average Bonchev–Trinajstić information content (AvgIpc) is 3.15. The van der Waals surface area contributed by atoms with Crippen LogP contribution in [0.3, 0.4) is 0 Å². The van der Waals surface area contributed by atoms with Crippen LogP contribution in [0.4, 0.5) is 5.82 Å². The highest BCUT2D eigenvalue weighted by Crippen LogP contribution is 2.37. The average molecular weight is 485 g/mol. The predicted molar refractivity (Wildman–Crippen MR) is 136 cm³/mol. The van der Waals surface area contributed by atoms with E-state index in [1.807, 2.05) is 55.5 Å². The Balaban J connectivity index is 1.87. The number of carbonyl (C=O) groups is 1. The van der Waals surface area contributed by atoms with Crippen molar-refractivity contribution < 1.29 is 13.2 Å². The third kappa shape index (κ3) is 4.17. The lowest BCUT2D eigenvalue weighted by Crippen LogP contribution is -2.17. The van der Waals surface area contributed by atoms with Gasteiger partial charge in [-0.2, -0.15) is 0 Å². The van der Waals surface area contributed by atoms with Gasteiger partial charge < -0.3 is 9.88 Å². The standard InChI is InChI=1S/C27H24N4O3S/c1-3-23(32)30-27-25(35(33,34)20-15-13-18(2)14-16-20)24-26(29-22-12-8-7-11-21(22)28-24)31(27)17-19-9-5-4-6-10-19/h4-16H,3,17H2,1-2H3,(H,30,32). The number of hydrogen-bond acceptors (Lipinski definition) is 5. The fourth-order valence-corrected chi connectivity index (χ4v) is 5.56. The molecule has 0 aliphatic rings. The summed E-state index contributed by atoms with van der Waals surface area (Å²) < 4.78 is 29.8. The largest absolute Gasteiger partial charge is 0.311 e. The summed E-state index contributed by atoms with van der Waals surface area (Å²) in [5.74, 6) is -0.126. The number of carbonyl (C=O) groups excluding carboxylic acids is 1. The van der Waals surface area contributed by atoms with Crippen molar-refractivity contribution in [3.05, 3.63) is 90.0 Å². The number of aryl methyl sites for hydroxylation is 1. The number of hydrogen-bond donors (Lipinski definition) is 1. The Morgan fingerprint density at radius 1 is 0.886 bits per heavy atom. The fourth-order valence-electron chi connectivity index (χ4n) is 4.03. The van der Waals surface area contributed by atoms with Crippen LogP contribution in [0.2, 0.25) is 0 Å². The van der Waals surface area contributed by atoms with E-state index in [0.29, 0.717) is 23.2 Å². The van der Waals surface area contributed by atoms with Crippen LogP contribution in [0.5, 0.6) is 0 Å². The van der Waals surface area contributed by atoms with E-state index >= 15 is 0 Å². The number of fused-ring (bicyclic) bond motifs is 2. The maximum Gasteiger partial charge on any atom is 0.225 e. The highest BCUT2D eigenvalue weighted by molar-refractivity contribution is 7.92. The van der Waals surface area contributed by atoms with Crippen molar-refractivity contribution in [3.8, 4) is 0 Å². The van der Waals surface area contributed by atoms with Gasteiger partial charge in [0.1, 0.15) is 16.2 Å². The summed E-state index contributed by atoms with van der Waals surface area (Å²) in [6.45, 7) is 3.93. The van der Waals surface area contributed by atoms with Crippen LogP contribution in [-0.4, -0.2) is 28.9 Å². The monoisotopic (exact) mass is 484 g/mol. The molecule has 2 aromatic heterocycles. The maximum atomic E-state index is 14.0. The van der Waals surface area contributed by atoms with Crippen molar-refractivity contribution in [2.45, 2.75) is 36.6 Å². The topological polar surface area (TPSA) is 93.9 Å². The van der Waals surface area contributed by atoms with E-state index in [1.165, 1.54) is 0 Å². The number of benzene rings is 3. The highest BCUT2D eigenvalue weighted by atomic mass is 32.2. The Morgan fingerprint density at radius 2 is 1.51 bits per heavy atom. The minimum absolute atomic E-state index is 0.0488. The lowest BCUT2D eigenvalue weighted by Gasteiger charge is -2.13. The molecule has 2 heterocycles. The molecule has 0 bridgehead atoms. The van der Waals surface area contributed by atoms with Gasteiger partial charge >= 0.3 is 0 Å². The smallest absolute Gasteiger partial charge is 0.225 e. The Kier molecular flexibility index (Phi) is 5.82. The van der Waals surface area contributed by atoms with Crippen molar-refractivity contribution in [3.63, 3.8) is 0 Å². The van der Waals surface area contributed by atoms with E-state index in [1.54, 1.807) is 41.8 Å². The van der Waals surface area contributed by atoms with E-state index in [-0.39, 0.29) is 33.5 Å². The minimum Gasteiger partial charge on any atom is -0.311 e. The maximum absolute atomic E-state index is 14.0. The molecule has 5 rings (SSSR count). The number of amides is 1. The zero-order chi connectivity index (χ0) is 24.6. The molecule has 176 valence electrons. The van der Waals surface area contributed by atoms with Gasteiger partial charge in [0.25, 0.3) is 0 Å². The molecule has 5 aromatic rings. The van der Waals surface area contributed by atoms with Gasteiger partial charge in [-0.25, -0.2) is 18.4 Å². The van der Waals surface area contributed by atoms with E-state index in [0.717, 1.165) is 11.1 Å². The second-order valence-electron chi connectivity index (χ2n) is 8.35. The lowest BCUT2D eigenvalue weighted by molar-refractivity contribution is -0.115. The van der Waals surface area contributed by atoms with Crippen LogP contribution in [-0.2, 0) is 21.2 Å². The molecule has 0 aliphatic carbocycles. The van der Waals surface area contributed by atoms with Gasteiger partial charge in [0, 0.05) is 6.42 Å². The molecular formula is C27H24N4O3S. The summed E-state index contributed by atoms with van der Waals surface area (Å²) in [6, 6.07) is 23.6. The first-order valence-electron chi connectivity index (χ1n) is 11.3. The molecule has 0 aliphatic heterocycles. The zero-order valence-corrected chi connectivity index (χ0v) is 20.2. The van der Waals surface area contributed by atoms with Gasteiger partial charge in [0.15, 0.2) is 5.65 Å². The van der Waals surface area contributed by atoms with Crippen LogP contribution in [0.1, 0.15) is 24.5 Å². The molecule has 0 unspecified atom stereocenters. The second kappa shape index (κ2) is 8.96. The number of nitrogens with zero attached hydrogens (tertiary/aromatic N) is 3. The van der Waals surface area contributed by atoms with Crippen molar-refractivity contribution in [1.82, 2.24) is 14.5 Å². The number of nitrogens with one attached hydrogen (secondary N) is 1. The Hall–Kier alpha value is -4.04. The first-order valence-corrected chi connectivity index (χ1v) is 12.8. The van der Waals surface area contributed by atoms with Crippen molar-refractivity contribution in [2.75, 3.05) is 5.32 Å². The van der Waals surface area contributed by atoms with Gasteiger partial charge in [-0.3, -0.25) is 4.79 Å². The molecule has 3 aromatic carbocycles. The number of para-hydroxylation sites is 2. The van der Waals surface area contributed by atoms with Crippen molar-refractivity contribution in [2.24, 2.45) is 0 Å². The first-order chi connectivity index (χ1) is 16.9. The van der Waals surface area contributed by atoms with E-state index in [4.69, 9.17) is 9.97 Å². The van der Waals surface area contributed by atoms with Crippen LogP contribution >= 0.6 is 0 Å². The third-order valence-corrected chi connectivity index (χ3v) is 7.69. The third-order valence-electron chi connectivity index (χ3n) is 5.87. The molecule has 0 saturated carbocycles. The normalized spacial score (nSPS) is 11.7. The quantitative estimate of drug-likeness (QED) is 0.361. The highest BCUT2D eigenvalue weighted by Gasteiger charge is 2.32. The Morgan fingerprint density at radius 3 is 2.17 bits per heavy atom. The number of aromatic nitrogens is 3. The summed E-state index contributed by atoms with van der Waals surface area (Å²) in [7, 11) is -4.04. The first kappa shape index (κ1) is 22.7. The summed E-state index contributed by atoms with van der Waals surface area (Å²) in [5, 5.41) is 2.85. The predicted octanol–water partition coefficient (Wildman–Crippen LogP) is 5.12. The lowest BCUT2D eigenvalue weighted by atomic mass is 10.2. The number of sulfone groups is 1. The van der Waals surface area contributed by atoms with Crippen LogP contribution in [0, 0.1) is 6.92 Å². The molecule has 0 saturated heterocycles. The SMILES string of the molecule is CCC(=O)Nc1c(S(=O)(=O)c2ccc(C)cc2)c2nc3ccccc3nc2n1Cc1ccccc1. The molecule has 0 atom stereocenters. The van der Waals surface area contributed by atoms with Crippen LogP contribution < -0.4 is 5.32 Å². The molecular weight excluding hydrogens is 460 g/mol. The number of rotatable bonds is 6. The molecule has 1 N–H and O–H groups in total. The number of anilines is 1. The summed E-state index contributed by atoms with van der Waals surface area (Å²) in [6.07, 6.45) is 0.194. The van der Waals surface area contributed by atoms with E-state index in [9.17, 15) is 13.2 Å². The molecule has 0 radical (unpaired) electrons. The molecule has 1 amide bonds. The van der Waals surface area contributed by atoms with Crippen LogP contribution in [0.15, 0.2) is 88.7 Å². The molecule has 35 heavy (non-hydrogen) atoms. The summed E-state index contributed by atoms with van der Waals surface area (Å²) in [4.78, 5) is 22.2. The zero-order valence-electron chi connectivity index (χ0n) is 19.4. The molecule has 0 spiro atoms. The van der Waals surface area contributed by atoms with Gasteiger partial charge in [-0.05, 0) is 36.8 Å². The molecule has 8 heteroatoms. The second-order valence-corrected chi connectivity index (χ2v) is 10.2. The Bertz CT molecular complexity index is 1660. The van der Waals surface area contributed by atoms with Gasteiger partial charge in [0.05, 0.1) is 22.5 Å². The minimum atomic E-state index is -4.04. The van der Waals surface area contributed by atoms with Gasteiger partial charge in [-0.1, -0.05) is 67.1 Å². The molecule has 7 nitrogen and oxygen atoms in total. The van der Waals surface area contributed by atoms with E-state index in [2.05, 4.69) is 5.32 Å².